The first kappa shape index (κ1) is 16.0. The number of halogens is 2. The second-order valence-corrected chi connectivity index (χ2v) is 1.00. The van der Waals surface area contributed by atoms with E-state index in [1.807, 2.05) is 12.2 Å². The molecule has 0 aromatic heterocycles. The molecule has 0 unspecified atom stereocenters. The number of allylic oxidation sites excluding steroid dienone is 4. The van der Waals surface area contributed by atoms with Gasteiger partial charge in [0.05, 0.1) is 0 Å². The first-order valence-corrected chi connectivity index (χ1v) is 1.72. The van der Waals surface area contributed by atoms with Crippen molar-refractivity contribution in [3.63, 3.8) is 0 Å². The van der Waals surface area contributed by atoms with E-state index < -0.39 is 0 Å². The molecule has 3 heteroatoms. The predicted molar refractivity (Wildman–Crippen MR) is 21.6 cm³/mol. The van der Waals surface area contributed by atoms with Crippen molar-refractivity contribution in [2.45, 2.75) is 6.42 Å². The van der Waals surface area contributed by atoms with Crippen molar-refractivity contribution in [2.75, 3.05) is 0 Å². The van der Waals surface area contributed by atoms with Gasteiger partial charge in [0.25, 0.3) is 0 Å². The molecule has 0 amide bonds. The fourth-order valence-electron chi connectivity index (χ4n) is 0.340. The van der Waals surface area contributed by atoms with Crippen LogP contribution in [0.15, 0.2) is 18.2 Å². The van der Waals surface area contributed by atoms with E-state index in [2.05, 4.69) is 12.2 Å². The smallest absolute Gasteiger partial charge is 1.00 e. The summed E-state index contributed by atoms with van der Waals surface area (Å²) in [5, 5.41) is 0. The van der Waals surface area contributed by atoms with Crippen molar-refractivity contribution in [3.05, 3.63) is 24.3 Å². The summed E-state index contributed by atoms with van der Waals surface area (Å²) in [6, 6.07) is 0. The van der Waals surface area contributed by atoms with Gasteiger partial charge in [-0.2, -0.15) is 6.08 Å². The molecule has 1 aliphatic carbocycles. The summed E-state index contributed by atoms with van der Waals surface area (Å²) in [6.45, 7) is 0. The van der Waals surface area contributed by atoms with Crippen molar-refractivity contribution in [2.24, 2.45) is 0 Å². The van der Waals surface area contributed by atoms with Gasteiger partial charge in [-0.15, -0.1) is 6.42 Å². The molecule has 0 nitrogen and oxygen atoms in total. The minimum absolute atomic E-state index is 0. The van der Waals surface area contributed by atoms with E-state index in [0.29, 0.717) is 0 Å². The van der Waals surface area contributed by atoms with Crippen LogP contribution in [-0.4, -0.2) is 0 Å². The molecular weight excluding hydrogens is 222 g/mol. The Hall–Kier alpha value is 0.943. The topological polar surface area (TPSA) is 0 Å². The molecule has 0 fully saturated rings. The maximum Gasteiger partial charge on any atom is 3.00 e. The van der Waals surface area contributed by atoms with Crippen molar-refractivity contribution >= 4 is 0 Å². The second-order valence-electron chi connectivity index (χ2n) is 1.00. The van der Waals surface area contributed by atoms with Gasteiger partial charge in [0.15, 0.2) is 0 Å². The minimum Gasteiger partial charge on any atom is -1.00 e. The molecule has 0 aromatic rings. The molecular formula is C5H5Cl2Zr. The molecule has 0 heterocycles. The average molecular weight is 227 g/mol. The molecule has 0 saturated carbocycles. The number of hydrogen-bond donors (Lipinski definition) is 0. The van der Waals surface area contributed by atoms with Gasteiger partial charge in [-0.3, -0.25) is 6.08 Å². The van der Waals surface area contributed by atoms with Gasteiger partial charge in [0.1, 0.15) is 0 Å². The van der Waals surface area contributed by atoms with Crippen LogP contribution in [0.2, 0.25) is 0 Å². The largest absolute Gasteiger partial charge is 3.00 e. The van der Waals surface area contributed by atoms with Gasteiger partial charge in [-0.05, 0) is 0 Å². The van der Waals surface area contributed by atoms with Crippen molar-refractivity contribution in [1.29, 1.82) is 0 Å². The van der Waals surface area contributed by atoms with E-state index in [1.54, 1.807) is 0 Å². The van der Waals surface area contributed by atoms with Gasteiger partial charge in [0, 0.05) is 0 Å². The first-order chi connectivity index (χ1) is 2.50. The summed E-state index contributed by atoms with van der Waals surface area (Å²) >= 11 is 0. The van der Waals surface area contributed by atoms with Crippen molar-refractivity contribution < 1.29 is 51.0 Å². The first-order valence-electron chi connectivity index (χ1n) is 1.72. The third-order valence-corrected chi connectivity index (χ3v) is 0.586. The van der Waals surface area contributed by atoms with Crippen LogP contribution in [-0.2, 0) is 26.2 Å². The molecule has 0 bridgehead atoms. The normalized spacial score (nSPS) is 11.0. The zero-order valence-electron chi connectivity index (χ0n) is 4.20. The maximum absolute atomic E-state index is 2.99. The van der Waals surface area contributed by atoms with Crippen LogP contribution in [0.3, 0.4) is 0 Å². The third-order valence-electron chi connectivity index (χ3n) is 0.586. The fourth-order valence-corrected chi connectivity index (χ4v) is 0.340. The Kier molecular flexibility index (Phi) is 21.6. The summed E-state index contributed by atoms with van der Waals surface area (Å²) in [6.07, 6.45) is 10.0. The Labute approximate surface area is 81.4 Å². The third kappa shape index (κ3) is 6.94. The van der Waals surface area contributed by atoms with Crippen LogP contribution >= 0.6 is 0 Å². The predicted octanol–water partition coefficient (Wildman–Crippen LogP) is -4.69. The summed E-state index contributed by atoms with van der Waals surface area (Å²) in [4.78, 5) is 0. The molecule has 0 aliphatic heterocycles. The SMILES string of the molecule is [C-]1=CC=CC1.[Cl-].[Cl-].[Zr+3]. The summed E-state index contributed by atoms with van der Waals surface area (Å²) < 4.78 is 0. The standard InChI is InChI=1S/C5H5.2ClH.Zr/c1-2-4-5-3-1;;;/h1-3H,4H2;2*1H;/q-1;;;+3/p-2. The Morgan fingerprint density at radius 3 is 2.00 bits per heavy atom. The van der Waals surface area contributed by atoms with E-state index >= 15 is 0 Å². The van der Waals surface area contributed by atoms with Gasteiger partial charge in [-0.25, -0.2) is 12.2 Å². The van der Waals surface area contributed by atoms with E-state index in [0.717, 1.165) is 6.42 Å². The Morgan fingerprint density at radius 1 is 1.25 bits per heavy atom. The molecule has 8 heavy (non-hydrogen) atoms. The van der Waals surface area contributed by atoms with Crippen molar-refractivity contribution in [3.8, 4) is 0 Å². The van der Waals surface area contributed by atoms with E-state index in [-0.39, 0.29) is 51.0 Å². The Balaban J connectivity index is -0.0000000833. The van der Waals surface area contributed by atoms with Crippen LogP contribution in [0, 0.1) is 6.08 Å². The molecule has 43 valence electrons. The number of hydrogen-bond acceptors (Lipinski definition) is 0. The second kappa shape index (κ2) is 10.8. The molecule has 0 spiro atoms. The maximum atomic E-state index is 2.99. The van der Waals surface area contributed by atoms with E-state index in [9.17, 15) is 0 Å². The summed E-state index contributed by atoms with van der Waals surface area (Å²) in [7, 11) is 0. The molecule has 1 rings (SSSR count). The minimum atomic E-state index is 0. The zero-order chi connectivity index (χ0) is 3.54. The number of rotatable bonds is 0. The van der Waals surface area contributed by atoms with Crippen LogP contribution in [0.5, 0.6) is 0 Å². The monoisotopic (exact) mass is 225 g/mol. The van der Waals surface area contributed by atoms with Crippen LogP contribution < -0.4 is 24.8 Å². The van der Waals surface area contributed by atoms with E-state index in [1.165, 1.54) is 0 Å². The van der Waals surface area contributed by atoms with Gasteiger partial charge in [0.2, 0.25) is 0 Å². The summed E-state index contributed by atoms with van der Waals surface area (Å²) in [5.41, 5.74) is 0. The van der Waals surface area contributed by atoms with Gasteiger partial charge >= 0.3 is 26.2 Å². The molecule has 0 N–H and O–H groups in total. The Bertz CT molecular complexity index is 68.5. The van der Waals surface area contributed by atoms with E-state index in [4.69, 9.17) is 0 Å². The molecule has 0 atom stereocenters. The summed E-state index contributed by atoms with van der Waals surface area (Å²) in [5.74, 6) is 0. The average Bonchev–Trinajstić information content (AvgIpc) is 1.76. The molecule has 0 saturated heterocycles. The zero-order valence-corrected chi connectivity index (χ0v) is 8.16. The fraction of sp³-hybridized carbons (Fsp3) is 0.200. The molecule has 1 aliphatic rings. The van der Waals surface area contributed by atoms with Crippen LogP contribution in [0.25, 0.3) is 0 Å². The quantitative estimate of drug-likeness (QED) is 0.365. The molecule has 1 radical (unpaired) electrons. The van der Waals surface area contributed by atoms with Crippen LogP contribution in [0.1, 0.15) is 6.42 Å². The van der Waals surface area contributed by atoms with Crippen molar-refractivity contribution in [1.82, 2.24) is 0 Å². The Morgan fingerprint density at radius 2 is 1.88 bits per heavy atom. The molecule has 0 aromatic carbocycles. The van der Waals surface area contributed by atoms with Gasteiger partial charge in [-0.1, -0.05) is 0 Å². The van der Waals surface area contributed by atoms with Crippen LogP contribution in [0.4, 0.5) is 0 Å². The van der Waals surface area contributed by atoms with Gasteiger partial charge < -0.3 is 24.8 Å².